The molecule has 0 saturated carbocycles. The Balaban J connectivity index is 0.00000210. The number of benzene rings is 1. The number of carbonyl (C=O) groups is 1. The zero-order chi connectivity index (χ0) is 17.9. The molecular formula is C20H23ClN4OS. The van der Waals surface area contributed by atoms with Crippen LogP contribution in [0.15, 0.2) is 41.8 Å². The molecule has 1 aliphatic rings. The molecule has 0 unspecified atom stereocenters. The first-order valence-corrected chi connectivity index (χ1v) is 9.78. The topological polar surface area (TPSA) is 59.0 Å². The second-order valence-electron chi connectivity index (χ2n) is 6.51. The third kappa shape index (κ3) is 4.24. The van der Waals surface area contributed by atoms with Crippen molar-refractivity contribution in [1.82, 2.24) is 20.4 Å². The second kappa shape index (κ2) is 8.69. The molecule has 0 atom stereocenters. The van der Waals surface area contributed by atoms with Gasteiger partial charge in [0.2, 0.25) is 0 Å². The molecule has 7 heteroatoms. The number of nitrogens with one attached hydrogen (secondary N) is 2. The number of aryl methyl sites for hydroxylation is 2. The molecule has 0 radical (unpaired) electrons. The third-order valence-corrected chi connectivity index (χ3v) is 5.57. The van der Waals surface area contributed by atoms with Gasteiger partial charge in [0.05, 0.1) is 23.5 Å². The van der Waals surface area contributed by atoms with E-state index < -0.39 is 0 Å². The number of nitrogens with zero attached hydrogens (tertiary/aromatic N) is 2. The van der Waals surface area contributed by atoms with Crippen LogP contribution in [-0.2, 0) is 19.6 Å². The van der Waals surface area contributed by atoms with Crippen molar-refractivity contribution >= 4 is 29.7 Å². The summed E-state index contributed by atoms with van der Waals surface area (Å²) in [5.41, 5.74) is 4.93. The van der Waals surface area contributed by atoms with E-state index in [1.807, 2.05) is 40.4 Å². The Bertz CT molecular complexity index is 896. The standard InChI is InChI=1S/C20H22N4OS.ClH/c1-14-19(15-6-3-2-4-7-15)18(13-26-14)20(25)22-11-16-10-17-12-21-8-5-9-24(17)23-16;/h2-4,6-7,10,13,21H,5,8-9,11-12H2,1H3,(H,22,25);1H. The highest BCUT2D eigenvalue weighted by Gasteiger charge is 2.18. The first-order chi connectivity index (χ1) is 12.7. The van der Waals surface area contributed by atoms with E-state index in [1.54, 1.807) is 11.3 Å². The average Bonchev–Trinajstić information content (AvgIpc) is 3.17. The van der Waals surface area contributed by atoms with Crippen molar-refractivity contribution in [2.75, 3.05) is 6.54 Å². The van der Waals surface area contributed by atoms with Crippen LogP contribution in [0, 0.1) is 6.92 Å². The van der Waals surface area contributed by atoms with E-state index >= 15 is 0 Å². The Morgan fingerprint density at radius 3 is 2.96 bits per heavy atom. The normalized spacial score (nSPS) is 13.4. The van der Waals surface area contributed by atoms with Gasteiger partial charge in [-0.2, -0.15) is 5.10 Å². The minimum Gasteiger partial charge on any atom is -0.346 e. The SMILES string of the molecule is Cc1scc(C(=O)NCc2cc3n(n2)CCCNC3)c1-c1ccccc1.Cl. The highest BCUT2D eigenvalue weighted by molar-refractivity contribution is 7.10. The molecule has 0 aliphatic carbocycles. The van der Waals surface area contributed by atoms with Gasteiger partial charge in [0.1, 0.15) is 0 Å². The van der Waals surface area contributed by atoms with E-state index in [4.69, 9.17) is 0 Å². The molecule has 0 fully saturated rings. The van der Waals surface area contributed by atoms with Crippen LogP contribution < -0.4 is 10.6 Å². The lowest BCUT2D eigenvalue weighted by Gasteiger charge is -2.07. The molecule has 2 N–H and O–H groups in total. The fourth-order valence-corrected chi connectivity index (χ4v) is 4.22. The summed E-state index contributed by atoms with van der Waals surface area (Å²) in [7, 11) is 0. The lowest BCUT2D eigenvalue weighted by atomic mass is 10.0. The minimum atomic E-state index is -0.0467. The maximum Gasteiger partial charge on any atom is 0.253 e. The zero-order valence-corrected chi connectivity index (χ0v) is 16.8. The van der Waals surface area contributed by atoms with Gasteiger partial charge < -0.3 is 10.6 Å². The molecule has 142 valence electrons. The van der Waals surface area contributed by atoms with Crippen LogP contribution in [0.3, 0.4) is 0 Å². The van der Waals surface area contributed by atoms with Gasteiger partial charge >= 0.3 is 0 Å². The molecule has 3 heterocycles. The van der Waals surface area contributed by atoms with Crippen molar-refractivity contribution in [3.8, 4) is 11.1 Å². The van der Waals surface area contributed by atoms with Crippen molar-refractivity contribution < 1.29 is 4.79 Å². The summed E-state index contributed by atoms with van der Waals surface area (Å²) in [4.78, 5) is 13.9. The Morgan fingerprint density at radius 2 is 2.15 bits per heavy atom. The number of halogens is 1. The predicted octanol–water partition coefficient (Wildman–Crippen LogP) is 3.77. The quantitative estimate of drug-likeness (QED) is 0.698. The highest BCUT2D eigenvalue weighted by Crippen LogP contribution is 2.32. The summed E-state index contributed by atoms with van der Waals surface area (Å²) in [6, 6.07) is 12.2. The Kier molecular flexibility index (Phi) is 6.31. The molecule has 1 aromatic carbocycles. The van der Waals surface area contributed by atoms with Crippen LogP contribution in [0.1, 0.15) is 33.0 Å². The smallest absolute Gasteiger partial charge is 0.253 e. The third-order valence-electron chi connectivity index (χ3n) is 4.66. The van der Waals surface area contributed by atoms with Crippen LogP contribution >= 0.6 is 23.7 Å². The molecule has 27 heavy (non-hydrogen) atoms. The molecule has 1 aliphatic heterocycles. The van der Waals surface area contributed by atoms with Crippen LogP contribution in [-0.4, -0.2) is 22.2 Å². The van der Waals surface area contributed by atoms with E-state index in [2.05, 4.69) is 28.7 Å². The van der Waals surface area contributed by atoms with Gasteiger partial charge in [0.15, 0.2) is 0 Å². The summed E-state index contributed by atoms with van der Waals surface area (Å²) in [5, 5.41) is 13.0. The lowest BCUT2D eigenvalue weighted by molar-refractivity contribution is 0.0951. The van der Waals surface area contributed by atoms with Gasteiger partial charge in [-0.25, -0.2) is 0 Å². The predicted molar refractivity (Wildman–Crippen MR) is 111 cm³/mol. The van der Waals surface area contributed by atoms with E-state index in [1.165, 1.54) is 5.69 Å². The maximum absolute atomic E-state index is 12.8. The minimum absolute atomic E-state index is 0. The molecule has 5 nitrogen and oxygen atoms in total. The van der Waals surface area contributed by atoms with Gasteiger partial charge in [0.25, 0.3) is 5.91 Å². The number of amides is 1. The summed E-state index contributed by atoms with van der Waals surface area (Å²) < 4.78 is 2.05. The van der Waals surface area contributed by atoms with E-state index in [0.717, 1.165) is 53.3 Å². The van der Waals surface area contributed by atoms with Gasteiger partial charge in [-0.1, -0.05) is 30.3 Å². The summed E-state index contributed by atoms with van der Waals surface area (Å²) in [6.07, 6.45) is 1.08. The van der Waals surface area contributed by atoms with Gasteiger partial charge in [-0.05, 0) is 31.5 Å². The number of hydrogen-bond acceptors (Lipinski definition) is 4. The van der Waals surface area contributed by atoms with Crippen LogP contribution in [0.2, 0.25) is 0 Å². The first-order valence-electron chi connectivity index (χ1n) is 8.90. The Labute approximate surface area is 169 Å². The average molecular weight is 403 g/mol. The summed E-state index contributed by atoms with van der Waals surface area (Å²) >= 11 is 1.61. The maximum atomic E-state index is 12.8. The second-order valence-corrected chi connectivity index (χ2v) is 7.59. The van der Waals surface area contributed by atoms with Crippen molar-refractivity contribution in [1.29, 1.82) is 0 Å². The molecule has 2 aromatic heterocycles. The highest BCUT2D eigenvalue weighted by atomic mass is 35.5. The largest absolute Gasteiger partial charge is 0.346 e. The van der Waals surface area contributed by atoms with Gasteiger partial charge in [0, 0.05) is 28.9 Å². The zero-order valence-electron chi connectivity index (χ0n) is 15.2. The fraction of sp³-hybridized carbons (Fsp3) is 0.300. The number of aromatic nitrogens is 2. The van der Waals surface area contributed by atoms with E-state index in [9.17, 15) is 4.79 Å². The monoisotopic (exact) mass is 402 g/mol. The molecule has 4 rings (SSSR count). The molecule has 0 spiro atoms. The molecule has 0 bridgehead atoms. The molecule has 1 amide bonds. The van der Waals surface area contributed by atoms with Crippen LogP contribution in [0.5, 0.6) is 0 Å². The summed E-state index contributed by atoms with van der Waals surface area (Å²) in [6.45, 7) is 5.29. The Morgan fingerprint density at radius 1 is 1.33 bits per heavy atom. The van der Waals surface area contributed by atoms with Crippen LogP contribution in [0.4, 0.5) is 0 Å². The van der Waals surface area contributed by atoms with Crippen molar-refractivity contribution in [3.05, 3.63) is 63.6 Å². The number of fused-ring (bicyclic) bond motifs is 1. The number of rotatable bonds is 4. The number of thiophene rings is 1. The van der Waals surface area contributed by atoms with E-state index in [-0.39, 0.29) is 18.3 Å². The fourth-order valence-electron chi connectivity index (χ4n) is 3.36. The summed E-state index contributed by atoms with van der Waals surface area (Å²) in [5.74, 6) is -0.0467. The lowest BCUT2D eigenvalue weighted by Crippen LogP contribution is -2.23. The van der Waals surface area contributed by atoms with Crippen molar-refractivity contribution in [2.45, 2.75) is 33.0 Å². The number of carbonyl (C=O) groups excluding carboxylic acids is 1. The molecule has 0 saturated heterocycles. The Hall–Kier alpha value is -2.15. The molecular weight excluding hydrogens is 380 g/mol. The van der Waals surface area contributed by atoms with E-state index in [0.29, 0.717) is 6.54 Å². The number of hydrogen-bond donors (Lipinski definition) is 2. The van der Waals surface area contributed by atoms with Crippen LogP contribution in [0.25, 0.3) is 11.1 Å². The van der Waals surface area contributed by atoms with Crippen molar-refractivity contribution in [2.24, 2.45) is 0 Å². The van der Waals surface area contributed by atoms with Crippen molar-refractivity contribution in [3.63, 3.8) is 0 Å². The van der Waals surface area contributed by atoms with Gasteiger partial charge in [-0.15, -0.1) is 23.7 Å². The first kappa shape index (κ1) is 19.6. The molecule has 3 aromatic rings. The van der Waals surface area contributed by atoms with Gasteiger partial charge in [-0.3, -0.25) is 9.48 Å².